The average Bonchev–Trinajstić information content (AvgIpc) is 2.92. The van der Waals surface area contributed by atoms with E-state index in [0.717, 1.165) is 18.7 Å². The summed E-state index contributed by atoms with van der Waals surface area (Å²) < 4.78 is 5.20. The Morgan fingerprint density at radius 2 is 1.90 bits per heavy atom. The standard InChI is InChI=1S/C15H18N2O2S/c1-2-13-7-8-14(20-13)9-17-11-3-5-12(6-4-11)19-10-15(16)18/h3-8,17H,2,9-10H2,1H3,(H2,16,18). The van der Waals surface area contributed by atoms with Crippen LogP contribution < -0.4 is 15.8 Å². The lowest BCUT2D eigenvalue weighted by Gasteiger charge is -2.07. The SMILES string of the molecule is CCc1ccc(CNc2ccc(OCC(N)=O)cc2)s1. The Labute approximate surface area is 122 Å². The lowest BCUT2D eigenvalue weighted by Crippen LogP contribution is -2.19. The number of aryl methyl sites for hydroxylation is 1. The molecule has 1 amide bonds. The number of rotatable bonds is 7. The van der Waals surface area contributed by atoms with Crippen LogP contribution in [0, 0.1) is 0 Å². The van der Waals surface area contributed by atoms with Gasteiger partial charge in [-0.2, -0.15) is 0 Å². The second-order valence-electron chi connectivity index (χ2n) is 4.35. The number of primary amides is 1. The number of carbonyl (C=O) groups excluding carboxylic acids is 1. The average molecular weight is 290 g/mol. The molecule has 0 saturated carbocycles. The third-order valence-corrected chi connectivity index (χ3v) is 4.00. The van der Waals surface area contributed by atoms with Gasteiger partial charge in [-0.15, -0.1) is 11.3 Å². The van der Waals surface area contributed by atoms with Gasteiger partial charge >= 0.3 is 0 Å². The molecule has 0 bridgehead atoms. The van der Waals surface area contributed by atoms with E-state index >= 15 is 0 Å². The van der Waals surface area contributed by atoms with Gasteiger partial charge in [-0.25, -0.2) is 0 Å². The molecule has 0 radical (unpaired) electrons. The molecule has 20 heavy (non-hydrogen) atoms. The summed E-state index contributed by atoms with van der Waals surface area (Å²) in [5.41, 5.74) is 6.04. The first-order valence-electron chi connectivity index (χ1n) is 6.50. The fourth-order valence-electron chi connectivity index (χ4n) is 1.72. The number of hydrogen-bond donors (Lipinski definition) is 2. The highest BCUT2D eigenvalue weighted by Crippen LogP contribution is 2.20. The van der Waals surface area contributed by atoms with Crippen molar-refractivity contribution in [2.45, 2.75) is 19.9 Å². The van der Waals surface area contributed by atoms with Crippen molar-refractivity contribution >= 4 is 22.9 Å². The van der Waals surface area contributed by atoms with Crippen molar-refractivity contribution in [3.63, 3.8) is 0 Å². The molecule has 3 N–H and O–H groups in total. The lowest BCUT2D eigenvalue weighted by molar-refractivity contribution is -0.119. The maximum atomic E-state index is 10.6. The van der Waals surface area contributed by atoms with Crippen LogP contribution in [0.25, 0.3) is 0 Å². The van der Waals surface area contributed by atoms with Crippen molar-refractivity contribution in [2.24, 2.45) is 5.73 Å². The molecule has 4 nitrogen and oxygen atoms in total. The van der Waals surface area contributed by atoms with Crippen LogP contribution in [0.3, 0.4) is 0 Å². The molecule has 0 unspecified atom stereocenters. The molecule has 1 heterocycles. The summed E-state index contributed by atoms with van der Waals surface area (Å²) in [6, 6.07) is 11.8. The number of amides is 1. The van der Waals surface area contributed by atoms with Gasteiger partial charge in [0, 0.05) is 22.0 Å². The van der Waals surface area contributed by atoms with E-state index in [-0.39, 0.29) is 6.61 Å². The zero-order valence-corrected chi connectivity index (χ0v) is 12.2. The molecule has 0 fully saturated rings. The van der Waals surface area contributed by atoms with Gasteiger partial charge in [0.25, 0.3) is 5.91 Å². The number of carbonyl (C=O) groups is 1. The highest BCUT2D eigenvalue weighted by atomic mass is 32.1. The van der Waals surface area contributed by atoms with Crippen LogP contribution in [0.5, 0.6) is 5.75 Å². The number of benzene rings is 1. The summed E-state index contributed by atoms with van der Waals surface area (Å²) >= 11 is 1.83. The molecular formula is C15H18N2O2S. The fourth-order valence-corrected chi connectivity index (χ4v) is 2.62. The van der Waals surface area contributed by atoms with Crippen LogP contribution in [0.15, 0.2) is 36.4 Å². The van der Waals surface area contributed by atoms with Gasteiger partial charge in [0.2, 0.25) is 0 Å². The monoisotopic (exact) mass is 290 g/mol. The Morgan fingerprint density at radius 3 is 2.50 bits per heavy atom. The van der Waals surface area contributed by atoms with Crippen molar-refractivity contribution in [3.8, 4) is 5.75 Å². The van der Waals surface area contributed by atoms with Crippen molar-refractivity contribution in [2.75, 3.05) is 11.9 Å². The number of ether oxygens (including phenoxy) is 1. The Bertz CT molecular complexity index is 564. The highest BCUT2D eigenvalue weighted by Gasteiger charge is 2.00. The largest absolute Gasteiger partial charge is 0.484 e. The number of nitrogens with two attached hydrogens (primary N) is 1. The lowest BCUT2D eigenvalue weighted by atomic mass is 10.3. The van der Waals surface area contributed by atoms with Crippen LogP contribution in [0.2, 0.25) is 0 Å². The van der Waals surface area contributed by atoms with Crippen molar-refractivity contribution < 1.29 is 9.53 Å². The molecule has 0 aliphatic heterocycles. The Balaban J connectivity index is 1.85. The first kappa shape index (κ1) is 14.4. The number of hydrogen-bond acceptors (Lipinski definition) is 4. The fraction of sp³-hybridized carbons (Fsp3) is 0.267. The third-order valence-electron chi connectivity index (χ3n) is 2.77. The molecule has 0 atom stereocenters. The molecule has 2 rings (SSSR count). The highest BCUT2D eigenvalue weighted by molar-refractivity contribution is 7.12. The summed E-state index contributed by atoms with van der Waals surface area (Å²) in [5.74, 6) is 0.162. The van der Waals surface area contributed by atoms with Crippen LogP contribution in [-0.2, 0) is 17.8 Å². The molecular weight excluding hydrogens is 272 g/mol. The predicted molar refractivity (Wildman–Crippen MR) is 82.2 cm³/mol. The maximum absolute atomic E-state index is 10.6. The third kappa shape index (κ3) is 4.28. The van der Waals surface area contributed by atoms with Gasteiger partial charge in [0.05, 0.1) is 0 Å². The maximum Gasteiger partial charge on any atom is 0.255 e. The van der Waals surface area contributed by atoms with E-state index in [1.54, 1.807) is 0 Å². The smallest absolute Gasteiger partial charge is 0.255 e. The molecule has 2 aromatic rings. The van der Waals surface area contributed by atoms with E-state index in [1.807, 2.05) is 35.6 Å². The first-order valence-corrected chi connectivity index (χ1v) is 7.31. The van der Waals surface area contributed by atoms with Gasteiger partial charge in [0.1, 0.15) is 5.75 Å². The van der Waals surface area contributed by atoms with Crippen molar-refractivity contribution in [1.82, 2.24) is 0 Å². The quantitative estimate of drug-likeness (QED) is 0.824. The van der Waals surface area contributed by atoms with Crippen LogP contribution in [-0.4, -0.2) is 12.5 Å². The predicted octanol–water partition coefficient (Wildman–Crippen LogP) is 2.79. The van der Waals surface area contributed by atoms with E-state index in [2.05, 4.69) is 24.4 Å². The zero-order valence-electron chi connectivity index (χ0n) is 11.4. The molecule has 1 aromatic carbocycles. The minimum atomic E-state index is -0.475. The van der Waals surface area contributed by atoms with Gasteiger partial charge in [0.15, 0.2) is 6.61 Å². The second-order valence-corrected chi connectivity index (χ2v) is 5.61. The molecule has 0 aliphatic rings. The first-order chi connectivity index (χ1) is 9.67. The number of anilines is 1. The van der Waals surface area contributed by atoms with E-state index in [9.17, 15) is 4.79 Å². The van der Waals surface area contributed by atoms with Crippen LogP contribution in [0.4, 0.5) is 5.69 Å². The second kappa shape index (κ2) is 6.96. The molecule has 0 aliphatic carbocycles. The summed E-state index contributed by atoms with van der Waals surface area (Å²) in [5, 5.41) is 3.35. The minimum Gasteiger partial charge on any atom is -0.484 e. The van der Waals surface area contributed by atoms with Crippen molar-refractivity contribution in [1.29, 1.82) is 0 Å². The van der Waals surface area contributed by atoms with Crippen LogP contribution >= 0.6 is 11.3 Å². The van der Waals surface area contributed by atoms with Gasteiger partial charge in [-0.05, 0) is 42.8 Å². The van der Waals surface area contributed by atoms with Gasteiger partial charge in [-0.3, -0.25) is 4.79 Å². The van der Waals surface area contributed by atoms with Gasteiger partial charge in [-0.1, -0.05) is 6.92 Å². The number of nitrogens with one attached hydrogen (secondary N) is 1. The van der Waals surface area contributed by atoms with E-state index in [1.165, 1.54) is 9.75 Å². The van der Waals surface area contributed by atoms with E-state index in [4.69, 9.17) is 10.5 Å². The van der Waals surface area contributed by atoms with Gasteiger partial charge < -0.3 is 15.8 Å². The molecule has 5 heteroatoms. The Hall–Kier alpha value is -2.01. The topological polar surface area (TPSA) is 64.3 Å². The Morgan fingerprint density at radius 1 is 1.20 bits per heavy atom. The van der Waals surface area contributed by atoms with E-state index < -0.39 is 5.91 Å². The summed E-state index contributed by atoms with van der Waals surface area (Å²) in [6.07, 6.45) is 1.08. The molecule has 0 spiro atoms. The summed E-state index contributed by atoms with van der Waals surface area (Å²) in [4.78, 5) is 13.3. The van der Waals surface area contributed by atoms with E-state index in [0.29, 0.717) is 5.75 Å². The summed E-state index contributed by atoms with van der Waals surface area (Å²) in [6.45, 7) is 2.88. The Kier molecular flexibility index (Phi) is 5.01. The molecule has 0 saturated heterocycles. The number of thiophene rings is 1. The zero-order chi connectivity index (χ0) is 14.4. The molecule has 106 valence electrons. The normalized spacial score (nSPS) is 10.2. The van der Waals surface area contributed by atoms with Crippen LogP contribution in [0.1, 0.15) is 16.7 Å². The molecule has 1 aromatic heterocycles. The van der Waals surface area contributed by atoms with Crippen molar-refractivity contribution in [3.05, 3.63) is 46.2 Å². The summed E-state index contributed by atoms with van der Waals surface area (Å²) in [7, 11) is 0. The minimum absolute atomic E-state index is 0.0955.